The molecule has 1 N–H and O–H groups in total. The molecule has 0 radical (unpaired) electrons. The quantitative estimate of drug-likeness (QED) is 0.910. The normalized spacial score (nSPS) is 14.3. The summed E-state index contributed by atoms with van der Waals surface area (Å²) in [5, 5.41) is 8.14. The monoisotopic (exact) mass is 255 g/mol. The number of anilines is 1. The van der Waals surface area contributed by atoms with E-state index in [0.29, 0.717) is 6.04 Å². The molecule has 0 spiro atoms. The summed E-state index contributed by atoms with van der Waals surface area (Å²) >= 11 is 0. The zero-order valence-electron chi connectivity index (χ0n) is 11.7. The van der Waals surface area contributed by atoms with Crippen LogP contribution in [-0.2, 0) is 12.8 Å². The average Bonchev–Trinajstić information content (AvgIpc) is 2.88. The number of nitrogens with zero attached hydrogens (tertiary/aromatic N) is 2. The summed E-state index contributed by atoms with van der Waals surface area (Å²) in [6.45, 7) is 5.41. The number of fused-ring (bicyclic) bond motifs is 1. The van der Waals surface area contributed by atoms with E-state index in [1.54, 1.807) is 0 Å². The lowest BCUT2D eigenvalue weighted by Crippen LogP contribution is -2.13. The maximum absolute atomic E-state index is 4.65. The molecule has 0 unspecified atom stereocenters. The van der Waals surface area contributed by atoms with Crippen LogP contribution in [0.15, 0.2) is 30.5 Å². The van der Waals surface area contributed by atoms with Crippen LogP contribution in [-0.4, -0.2) is 16.3 Å². The van der Waals surface area contributed by atoms with Gasteiger partial charge in [-0.05, 0) is 49.9 Å². The molecule has 0 bridgehead atoms. The Balaban J connectivity index is 1.86. The maximum atomic E-state index is 4.65. The van der Waals surface area contributed by atoms with E-state index in [1.807, 2.05) is 4.68 Å². The van der Waals surface area contributed by atoms with Crippen LogP contribution < -0.4 is 5.32 Å². The van der Waals surface area contributed by atoms with Gasteiger partial charge in [0.15, 0.2) is 0 Å². The third kappa shape index (κ3) is 2.50. The van der Waals surface area contributed by atoms with Gasteiger partial charge in [-0.3, -0.25) is 4.68 Å². The maximum Gasteiger partial charge on any atom is 0.0668 e. The second-order valence-electron chi connectivity index (χ2n) is 5.53. The summed E-state index contributed by atoms with van der Waals surface area (Å²) < 4.78 is 2.03. The average molecular weight is 255 g/mol. The molecule has 3 heteroatoms. The van der Waals surface area contributed by atoms with Gasteiger partial charge in [-0.1, -0.05) is 12.1 Å². The molecule has 3 rings (SSSR count). The number of aromatic nitrogens is 2. The third-order valence-electron chi connectivity index (χ3n) is 3.76. The first kappa shape index (κ1) is 12.3. The Labute approximate surface area is 114 Å². The van der Waals surface area contributed by atoms with Gasteiger partial charge in [-0.25, -0.2) is 0 Å². The molecule has 1 aromatic carbocycles. The molecule has 1 aromatic heterocycles. The van der Waals surface area contributed by atoms with Crippen molar-refractivity contribution in [3.05, 3.63) is 47.3 Å². The molecule has 1 aliphatic rings. The number of benzene rings is 1. The fraction of sp³-hybridized carbons (Fsp3) is 0.438. The van der Waals surface area contributed by atoms with Crippen LogP contribution in [0, 0.1) is 0 Å². The smallest absolute Gasteiger partial charge is 0.0668 e. The SMILES string of the molecule is CC(C)n1ccc(Cc2cccc3c2CCCN3)n1. The Morgan fingerprint density at radius 3 is 3.00 bits per heavy atom. The van der Waals surface area contributed by atoms with E-state index in [4.69, 9.17) is 0 Å². The fourth-order valence-corrected chi connectivity index (χ4v) is 2.70. The molecule has 2 heterocycles. The molecule has 19 heavy (non-hydrogen) atoms. The standard InChI is InChI=1S/C16H21N3/c1-12(2)19-10-8-14(18-19)11-13-5-3-7-16-15(13)6-4-9-17-16/h3,5,7-8,10,12,17H,4,6,9,11H2,1-2H3. The van der Waals surface area contributed by atoms with Gasteiger partial charge in [-0.15, -0.1) is 0 Å². The largest absolute Gasteiger partial charge is 0.385 e. The molecule has 0 saturated heterocycles. The summed E-state index contributed by atoms with van der Waals surface area (Å²) in [7, 11) is 0. The van der Waals surface area contributed by atoms with Crippen molar-refractivity contribution >= 4 is 5.69 Å². The Bertz CT molecular complexity index is 569. The van der Waals surface area contributed by atoms with Crippen molar-refractivity contribution in [3.8, 4) is 0 Å². The highest BCUT2D eigenvalue weighted by molar-refractivity contribution is 5.56. The molecule has 0 saturated carbocycles. The lowest BCUT2D eigenvalue weighted by molar-refractivity contribution is 0.527. The number of nitrogens with one attached hydrogen (secondary N) is 1. The van der Waals surface area contributed by atoms with Crippen LogP contribution in [0.3, 0.4) is 0 Å². The predicted octanol–water partition coefficient (Wildman–Crippen LogP) is 3.41. The van der Waals surface area contributed by atoms with Crippen molar-refractivity contribution in [1.82, 2.24) is 9.78 Å². The molecular formula is C16H21N3. The van der Waals surface area contributed by atoms with Crippen molar-refractivity contribution in [1.29, 1.82) is 0 Å². The molecular weight excluding hydrogens is 234 g/mol. The van der Waals surface area contributed by atoms with E-state index in [0.717, 1.165) is 18.7 Å². The molecule has 1 aliphatic heterocycles. The van der Waals surface area contributed by atoms with Crippen LogP contribution in [0.2, 0.25) is 0 Å². The molecule has 0 amide bonds. The lowest BCUT2D eigenvalue weighted by Gasteiger charge is -2.20. The third-order valence-corrected chi connectivity index (χ3v) is 3.76. The van der Waals surface area contributed by atoms with E-state index >= 15 is 0 Å². The van der Waals surface area contributed by atoms with Crippen LogP contribution >= 0.6 is 0 Å². The summed E-state index contributed by atoms with van der Waals surface area (Å²) in [4.78, 5) is 0. The second-order valence-corrected chi connectivity index (χ2v) is 5.53. The molecule has 0 fully saturated rings. The van der Waals surface area contributed by atoms with Crippen molar-refractivity contribution in [3.63, 3.8) is 0 Å². The van der Waals surface area contributed by atoms with Crippen molar-refractivity contribution in [2.75, 3.05) is 11.9 Å². The van der Waals surface area contributed by atoms with Crippen LogP contribution in [0.4, 0.5) is 5.69 Å². The highest BCUT2D eigenvalue weighted by atomic mass is 15.3. The van der Waals surface area contributed by atoms with Crippen LogP contribution in [0.1, 0.15) is 43.1 Å². The molecule has 100 valence electrons. The van der Waals surface area contributed by atoms with E-state index in [2.05, 4.69) is 54.7 Å². The lowest BCUT2D eigenvalue weighted by atomic mass is 9.95. The molecule has 0 aliphatic carbocycles. The zero-order chi connectivity index (χ0) is 13.2. The first-order valence-electron chi connectivity index (χ1n) is 7.12. The summed E-state index contributed by atoms with van der Waals surface area (Å²) in [6.07, 6.45) is 5.42. The van der Waals surface area contributed by atoms with Gasteiger partial charge >= 0.3 is 0 Å². The van der Waals surface area contributed by atoms with E-state index in [9.17, 15) is 0 Å². The Kier molecular flexibility index (Phi) is 3.28. The number of rotatable bonds is 3. The minimum absolute atomic E-state index is 0.431. The Morgan fingerprint density at radius 1 is 1.32 bits per heavy atom. The fourth-order valence-electron chi connectivity index (χ4n) is 2.70. The highest BCUT2D eigenvalue weighted by Crippen LogP contribution is 2.26. The Hall–Kier alpha value is -1.77. The Morgan fingerprint density at radius 2 is 2.21 bits per heavy atom. The van der Waals surface area contributed by atoms with Crippen molar-refractivity contribution in [2.24, 2.45) is 0 Å². The summed E-state index contributed by atoms with van der Waals surface area (Å²) in [6, 6.07) is 9.13. The van der Waals surface area contributed by atoms with Crippen LogP contribution in [0.25, 0.3) is 0 Å². The molecule has 3 nitrogen and oxygen atoms in total. The minimum atomic E-state index is 0.431. The van der Waals surface area contributed by atoms with E-state index in [1.165, 1.54) is 29.7 Å². The van der Waals surface area contributed by atoms with Gasteiger partial charge in [0.1, 0.15) is 0 Å². The second kappa shape index (κ2) is 5.08. The number of hydrogen-bond donors (Lipinski definition) is 1. The predicted molar refractivity (Wildman–Crippen MR) is 78.7 cm³/mol. The van der Waals surface area contributed by atoms with Crippen LogP contribution in [0.5, 0.6) is 0 Å². The van der Waals surface area contributed by atoms with Gasteiger partial charge in [0, 0.05) is 30.9 Å². The van der Waals surface area contributed by atoms with Gasteiger partial charge < -0.3 is 5.32 Å². The summed E-state index contributed by atoms with van der Waals surface area (Å²) in [5.74, 6) is 0. The van der Waals surface area contributed by atoms with Gasteiger partial charge in [0.05, 0.1) is 5.69 Å². The van der Waals surface area contributed by atoms with E-state index < -0.39 is 0 Å². The first-order chi connectivity index (χ1) is 9.24. The van der Waals surface area contributed by atoms with Crippen molar-refractivity contribution < 1.29 is 0 Å². The minimum Gasteiger partial charge on any atom is -0.385 e. The topological polar surface area (TPSA) is 29.9 Å². The molecule has 2 aromatic rings. The van der Waals surface area contributed by atoms with Gasteiger partial charge in [0.2, 0.25) is 0 Å². The van der Waals surface area contributed by atoms with Gasteiger partial charge in [0.25, 0.3) is 0 Å². The summed E-state index contributed by atoms with van der Waals surface area (Å²) in [5.41, 5.74) is 5.37. The van der Waals surface area contributed by atoms with Gasteiger partial charge in [-0.2, -0.15) is 5.10 Å². The highest BCUT2D eigenvalue weighted by Gasteiger charge is 2.13. The first-order valence-corrected chi connectivity index (χ1v) is 7.12. The van der Waals surface area contributed by atoms with Crippen molar-refractivity contribution in [2.45, 2.75) is 39.2 Å². The van der Waals surface area contributed by atoms with E-state index in [-0.39, 0.29) is 0 Å². The molecule has 0 atom stereocenters. The number of hydrogen-bond acceptors (Lipinski definition) is 2. The zero-order valence-corrected chi connectivity index (χ0v) is 11.7.